The van der Waals surface area contributed by atoms with Gasteiger partial charge >= 0.3 is 6.01 Å². The number of rotatable bonds is 9. The van der Waals surface area contributed by atoms with Crippen molar-refractivity contribution in [2.45, 2.75) is 25.9 Å². The first-order valence-electron chi connectivity index (χ1n) is 9.87. The van der Waals surface area contributed by atoms with Crippen LogP contribution in [0.3, 0.4) is 0 Å². The van der Waals surface area contributed by atoms with E-state index < -0.39 is 0 Å². The van der Waals surface area contributed by atoms with E-state index in [0.717, 1.165) is 41.1 Å². The van der Waals surface area contributed by atoms with Crippen LogP contribution in [0.5, 0.6) is 11.8 Å². The van der Waals surface area contributed by atoms with Gasteiger partial charge in [-0.05, 0) is 36.4 Å². The molecule has 0 spiro atoms. The number of carbonyl (C=O) groups excluding carboxylic acids is 1. The molecule has 0 fully saturated rings. The summed E-state index contributed by atoms with van der Waals surface area (Å²) in [6.07, 6.45) is 5.86. The number of aromatic nitrogens is 5. The molecule has 0 saturated heterocycles. The second kappa shape index (κ2) is 9.58. The molecule has 3 aromatic heterocycles. The van der Waals surface area contributed by atoms with E-state index in [-0.39, 0.29) is 14.8 Å². The Labute approximate surface area is 181 Å². The van der Waals surface area contributed by atoms with Gasteiger partial charge in [-0.3, -0.25) is 4.79 Å². The minimum atomic E-state index is -0.289. The molecule has 31 heavy (non-hydrogen) atoms. The van der Waals surface area contributed by atoms with Gasteiger partial charge in [-0.2, -0.15) is 5.10 Å². The molecular weight excluding hydrogens is 410 g/mol. The molecule has 0 atom stereocenters. The van der Waals surface area contributed by atoms with Crippen LogP contribution >= 0.6 is 0 Å². The van der Waals surface area contributed by atoms with Crippen LogP contribution in [-0.2, 0) is 11.5 Å². The van der Waals surface area contributed by atoms with E-state index in [1.165, 1.54) is 0 Å². The summed E-state index contributed by atoms with van der Waals surface area (Å²) in [5.74, 6) is 0.590. The highest BCUT2D eigenvalue weighted by Gasteiger charge is 2.09. The molecule has 3 heterocycles. The summed E-state index contributed by atoms with van der Waals surface area (Å²) in [5, 5.41) is 5.19. The van der Waals surface area contributed by atoms with Crippen LogP contribution < -0.4 is 4.74 Å². The second-order valence-electron chi connectivity index (χ2n) is 7.28. The van der Waals surface area contributed by atoms with Gasteiger partial charge in [-0.1, -0.05) is 19.2 Å². The quantitative estimate of drug-likeness (QED) is 0.222. The maximum absolute atomic E-state index is 10.9. The van der Waals surface area contributed by atoms with Crippen molar-refractivity contribution in [2.24, 2.45) is 0 Å². The van der Waals surface area contributed by atoms with Crippen molar-refractivity contribution >= 4 is 26.0 Å². The average molecular weight is 433 g/mol. The number of fused-ring (bicyclic) bond motifs is 1. The molecular formula is C22H22N5O3Si. The smallest absolute Gasteiger partial charge is 0.321 e. The summed E-state index contributed by atoms with van der Waals surface area (Å²) in [4.78, 5) is 23.8. The van der Waals surface area contributed by atoms with E-state index in [2.05, 4.69) is 33.1 Å². The van der Waals surface area contributed by atoms with E-state index in [1.54, 1.807) is 41.5 Å². The lowest BCUT2D eigenvalue weighted by molar-refractivity contribution is 0.0801. The lowest BCUT2D eigenvalue weighted by Crippen LogP contribution is -2.10. The van der Waals surface area contributed by atoms with Crippen molar-refractivity contribution in [2.75, 3.05) is 6.61 Å². The molecule has 0 unspecified atom stereocenters. The Hall–Kier alpha value is -3.43. The number of ether oxygens (including phenoxy) is 2. The zero-order chi connectivity index (χ0) is 21.6. The van der Waals surface area contributed by atoms with Crippen molar-refractivity contribution in [1.29, 1.82) is 0 Å². The zero-order valence-electron chi connectivity index (χ0n) is 17.4. The van der Waals surface area contributed by atoms with E-state index >= 15 is 0 Å². The number of carbonyl (C=O) groups is 1. The number of nitrogens with zero attached hydrogens (tertiary/aromatic N) is 5. The second-order valence-corrected chi connectivity index (χ2v) is 10.2. The summed E-state index contributed by atoms with van der Waals surface area (Å²) in [7, 11) is -0.289. The largest absolute Gasteiger partial charge is 0.424 e. The molecule has 0 aliphatic carbocycles. The van der Waals surface area contributed by atoms with Crippen LogP contribution in [0.2, 0.25) is 19.1 Å². The molecule has 4 rings (SSSR count). The fraction of sp³-hybridized carbons (Fsp3) is 0.227. The third kappa shape index (κ3) is 5.19. The molecule has 1 aromatic carbocycles. The number of aldehydes is 1. The van der Waals surface area contributed by atoms with Crippen molar-refractivity contribution in [3.63, 3.8) is 0 Å². The molecule has 9 heteroatoms. The lowest BCUT2D eigenvalue weighted by Gasteiger charge is -2.10. The minimum Gasteiger partial charge on any atom is -0.424 e. The Morgan fingerprint density at radius 3 is 2.71 bits per heavy atom. The van der Waals surface area contributed by atoms with Gasteiger partial charge in [-0.25, -0.2) is 19.6 Å². The highest BCUT2D eigenvalue weighted by atomic mass is 28.3. The van der Waals surface area contributed by atoms with Gasteiger partial charge in [0.05, 0.1) is 11.2 Å². The van der Waals surface area contributed by atoms with Crippen LogP contribution in [-0.4, -0.2) is 46.4 Å². The highest BCUT2D eigenvalue weighted by molar-refractivity contribution is 6.55. The fourth-order valence-electron chi connectivity index (χ4n) is 2.96. The first-order valence-corrected chi connectivity index (χ1v) is 12.6. The van der Waals surface area contributed by atoms with Crippen LogP contribution in [0, 0.1) is 0 Å². The summed E-state index contributed by atoms with van der Waals surface area (Å²) in [5.41, 5.74) is 2.82. The molecule has 0 bridgehead atoms. The first kappa shape index (κ1) is 20.8. The van der Waals surface area contributed by atoms with Crippen LogP contribution in [0.15, 0.2) is 55.0 Å². The molecule has 157 valence electrons. The van der Waals surface area contributed by atoms with Gasteiger partial charge in [0.1, 0.15) is 18.2 Å². The normalized spacial score (nSPS) is 11.2. The molecule has 8 nitrogen and oxygen atoms in total. The standard InChI is InChI=1S/C22H22N5O3Si/c1-31(2)10-9-29-15-27-21(7-8-25-27)17-12-23-22(24-13-17)30-19-5-6-20-16(11-19)3-4-18(14-28)26-20/h3-8,11-14H,9-10,15H2,1-2H3. The molecule has 0 aliphatic rings. The van der Waals surface area contributed by atoms with E-state index in [0.29, 0.717) is 18.2 Å². The molecule has 0 aliphatic heterocycles. The fourth-order valence-corrected chi connectivity index (χ4v) is 3.52. The van der Waals surface area contributed by atoms with Gasteiger partial charge in [-0.15, -0.1) is 0 Å². The molecule has 0 saturated carbocycles. The maximum Gasteiger partial charge on any atom is 0.321 e. The topological polar surface area (TPSA) is 92.0 Å². The number of hydrogen-bond acceptors (Lipinski definition) is 7. The molecule has 4 aromatic rings. The van der Waals surface area contributed by atoms with Gasteiger partial charge in [0.2, 0.25) is 0 Å². The molecule has 1 radical (unpaired) electrons. The SMILES string of the molecule is C[Si](C)CCOCn1nccc1-c1cnc(Oc2ccc3nc(C=O)ccc3c2)nc1. The Balaban J connectivity index is 1.44. The van der Waals surface area contributed by atoms with E-state index in [4.69, 9.17) is 9.47 Å². The highest BCUT2D eigenvalue weighted by Crippen LogP contribution is 2.24. The summed E-state index contributed by atoms with van der Waals surface area (Å²) >= 11 is 0. The van der Waals surface area contributed by atoms with Crippen LogP contribution in [0.25, 0.3) is 22.2 Å². The Morgan fingerprint density at radius 2 is 1.94 bits per heavy atom. The number of benzene rings is 1. The van der Waals surface area contributed by atoms with Crippen molar-refractivity contribution in [3.8, 4) is 23.0 Å². The molecule has 0 N–H and O–H groups in total. The van der Waals surface area contributed by atoms with Gasteiger partial charge < -0.3 is 9.47 Å². The van der Waals surface area contributed by atoms with Gasteiger partial charge in [0.25, 0.3) is 0 Å². The maximum atomic E-state index is 10.9. The first-order chi connectivity index (χ1) is 15.1. The third-order valence-electron chi connectivity index (χ3n) is 4.61. The van der Waals surface area contributed by atoms with E-state index in [1.807, 2.05) is 18.2 Å². The van der Waals surface area contributed by atoms with Crippen LogP contribution in [0.1, 0.15) is 10.5 Å². The monoisotopic (exact) mass is 432 g/mol. The average Bonchev–Trinajstić information content (AvgIpc) is 3.25. The Bertz CT molecular complexity index is 1180. The van der Waals surface area contributed by atoms with Crippen molar-refractivity contribution in [1.82, 2.24) is 24.7 Å². The lowest BCUT2D eigenvalue weighted by atomic mass is 10.2. The minimum absolute atomic E-state index is 0.239. The van der Waals surface area contributed by atoms with Crippen LogP contribution in [0.4, 0.5) is 0 Å². The molecule has 0 amide bonds. The van der Waals surface area contributed by atoms with Gasteiger partial charge in [0.15, 0.2) is 6.29 Å². The summed E-state index contributed by atoms with van der Waals surface area (Å²) < 4.78 is 13.3. The third-order valence-corrected chi connectivity index (χ3v) is 5.82. The number of pyridine rings is 1. The van der Waals surface area contributed by atoms with Crippen molar-refractivity contribution in [3.05, 3.63) is 60.7 Å². The van der Waals surface area contributed by atoms with Crippen molar-refractivity contribution < 1.29 is 14.3 Å². The van der Waals surface area contributed by atoms with E-state index in [9.17, 15) is 4.79 Å². The summed E-state index contributed by atoms with van der Waals surface area (Å²) in [6, 6.07) is 12.2. The Kier molecular flexibility index (Phi) is 6.44. The van der Waals surface area contributed by atoms with Gasteiger partial charge in [0, 0.05) is 44.9 Å². The number of hydrogen-bond donors (Lipinski definition) is 0. The zero-order valence-corrected chi connectivity index (χ0v) is 18.4. The summed E-state index contributed by atoms with van der Waals surface area (Å²) in [6.45, 7) is 5.67. The predicted molar refractivity (Wildman–Crippen MR) is 119 cm³/mol. The predicted octanol–water partition coefficient (Wildman–Crippen LogP) is 4.22. The Morgan fingerprint density at radius 1 is 1.10 bits per heavy atom.